The Kier molecular flexibility index (Phi) is 5.02. The van der Waals surface area contributed by atoms with Crippen LogP contribution in [-0.4, -0.2) is 51.1 Å². The van der Waals surface area contributed by atoms with Gasteiger partial charge in [-0.3, -0.25) is 9.88 Å². The molecule has 3 N–H and O–H groups in total. The monoisotopic (exact) mass is 458 g/mol. The largest absolute Gasteiger partial charge is 0.496 e. The van der Waals surface area contributed by atoms with Gasteiger partial charge < -0.3 is 14.8 Å². The van der Waals surface area contributed by atoms with E-state index in [4.69, 9.17) is 10.00 Å². The van der Waals surface area contributed by atoms with Crippen molar-refractivity contribution in [2.45, 2.75) is 18.6 Å². The van der Waals surface area contributed by atoms with Crippen molar-refractivity contribution in [3.8, 4) is 11.8 Å². The summed E-state index contributed by atoms with van der Waals surface area (Å²) in [7, 11) is 2.35. The minimum absolute atomic E-state index is 0.0204. The predicted molar refractivity (Wildman–Crippen MR) is 111 cm³/mol. The van der Waals surface area contributed by atoms with E-state index in [-0.39, 0.29) is 38.9 Å². The highest BCUT2D eigenvalue weighted by Crippen LogP contribution is 2.50. The first-order valence-electron chi connectivity index (χ1n) is 9.53. The van der Waals surface area contributed by atoms with Gasteiger partial charge >= 0.3 is 12.3 Å². The zero-order chi connectivity index (χ0) is 24.1. The number of alkyl halides is 3. The first-order valence-corrected chi connectivity index (χ1v) is 9.53. The van der Waals surface area contributed by atoms with E-state index in [1.807, 2.05) is 6.07 Å². The van der Waals surface area contributed by atoms with Crippen LogP contribution in [0.3, 0.4) is 0 Å². The molecule has 33 heavy (non-hydrogen) atoms. The quantitative estimate of drug-likeness (QED) is 0.426. The molecule has 0 aliphatic rings. The molecule has 1 atom stereocenters. The fourth-order valence-corrected chi connectivity index (χ4v) is 4.13. The van der Waals surface area contributed by atoms with E-state index in [1.54, 1.807) is 6.92 Å². The van der Waals surface area contributed by atoms with Crippen LogP contribution in [0.25, 0.3) is 22.1 Å². The van der Waals surface area contributed by atoms with E-state index >= 15 is 0 Å². The highest BCUT2D eigenvalue weighted by atomic mass is 19.4. The maximum atomic E-state index is 15.0. The van der Waals surface area contributed by atoms with Crippen molar-refractivity contribution < 1.29 is 27.8 Å². The average Bonchev–Trinajstić information content (AvgIpc) is 3.39. The van der Waals surface area contributed by atoms with Gasteiger partial charge in [0.25, 0.3) is 0 Å². The first kappa shape index (κ1) is 22.1. The average molecular weight is 458 g/mol. The van der Waals surface area contributed by atoms with Crippen molar-refractivity contribution in [3.05, 3.63) is 53.1 Å². The molecule has 0 bridgehead atoms. The number of imidazole rings is 1. The molecule has 0 saturated heterocycles. The number of aryl methyl sites for hydroxylation is 1. The third kappa shape index (κ3) is 3.08. The molecule has 0 radical (unpaired) electrons. The van der Waals surface area contributed by atoms with Crippen molar-refractivity contribution in [2.75, 3.05) is 14.2 Å². The number of benzene rings is 1. The minimum Gasteiger partial charge on any atom is -0.496 e. The lowest BCUT2D eigenvalue weighted by Crippen LogP contribution is -2.54. The van der Waals surface area contributed by atoms with Crippen LogP contribution in [0.1, 0.15) is 22.5 Å². The summed E-state index contributed by atoms with van der Waals surface area (Å²) >= 11 is 0. The molecule has 0 aliphatic heterocycles. The smallest absolute Gasteiger partial charge is 0.418 e. The van der Waals surface area contributed by atoms with Gasteiger partial charge in [-0.2, -0.15) is 18.4 Å². The zero-order valence-corrected chi connectivity index (χ0v) is 17.6. The van der Waals surface area contributed by atoms with E-state index in [1.165, 1.54) is 37.7 Å². The maximum Gasteiger partial charge on any atom is 0.418 e. The fraction of sp³-hybridized carbons (Fsp3) is 0.238. The van der Waals surface area contributed by atoms with Gasteiger partial charge in [0.05, 0.1) is 18.2 Å². The molecule has 0 spiro atoms. The van der Waals surface area contributed by atoms with Crippen LogP contribution in [-0.2, 0) is 5.54 Å². The zero-order valence-electron chi connectivity index (χ0n) is 17.6. The summed E-state index contributed by atoms with van der Waals surface area (Å²) in [6.45, 7) is 1.58. The molecule has 1 unspecified atom stereocenters. The Hall–Kier alpha value is -4.11. The third-order valence-corrected chi connectivity index (χ3v) is 5.55. The number of methoxy groups -OCH3 is 1. The van der Waals surface area contributed by atoms with Crippen molar-refractivity contribution in [3.63, 3.8) is 0 Å². The van der Waals surface area contributed by atoms with Crippen LogP contribution in [0.4, 0.5) is 18.0 Å². The Morgan fingerprint density at radius 3 is 2.67 bits per heavy atom. The van der Waals surface area contributed by atoms with E-state index in [0.717, 1.165) is 11.6 Å². The second kappa shape index (κ2) is 7.49. The van der Waals surface area contributed by atoms with Gasteiger partial charge in [0.1, 0.15) is 23.2 Å². The number of hydrogen-bond acceptors (Lipinski definition) is 6. The summed E-state index contributed by atoms with van der Waals surface area (Å²) in [6.07, 6.45) is -3.91. The van der Waals surface area contributed by atoms with Gasteiger partial charge in [-0.15, -0.1) is 0 Å². The van der Waals surface area contributed by atoms with E-state index in [0.29, 0.717) is 5.56 Å². The second-order valence-corrected chi connectivity index (χ2v) is 7.29. The summed E-state index contributed by atoms with van der Waals surface area (Å²) in [5, 5.41) is 21.0. The third-order valence-electron chi connectivity index (χ3n) is 5.55. The van der Waals surface area contributed by atoms with Crippen molar-refractivity contribution in [2.24, 2.45) is 0 Å². The molecule has 0 amide bonds. The molecule has 0 saturated carbocycles. The number of nitrogens with zero attached hydrogens (tertiary/aromatic N) is 4. The summed E-state index contributed by atoms with van der Waals surface area (Å²) in [6, 6.07) is 5.84. The predicted octanol–water partition coefficient (Wildman–Crippen LogP) is 3.65. The highest BCUT2D eigenvalue weighted by molar-refractivity contribution is 5.95. The van der Waals surface area contributed by atoms with Crippen LogP contribution in [0.15, 0.2) is 30.6 Å². The van der Waals surface area contributed by atoms with E-state index < -0.39 is 23.6 Å². The molecule has 4 rings (SSSR count). The molecule has 3 aromatic heterocycles. The molecule has 12 heteroatoms. The van der Waals surface area contributed by atoms with E-state index in [2.05, 4.69) is 20.3 Å². The lowest BCUT2D eigenvalue weighted by atomic mass is 9.84. The standard InChI is InChI=1S/C21H17F3N6O3/c1-10-6-14(33-3)15(12-4-5-30(16(10)12)19(31)32)20(26-2,21(22,23)24)18-28-13-7-11(8-25)9-27-17(13)29-18/h4-7,9,26H,1-3H3,(H,31,32)(H,27,28,29). The molecule has 0 fully saturated rings. The Morgan fingerprint density at radius 2 is 2.09 bits per heavy atom. The number of nitrogens with one attached hydrogen (secondary N) is 2. The number of aromatic nitrogens is 4. The van der Waals surface area contributed by atoms with Gasteiger partial charge in [-0.1, -0.05) is 0 Å². The Morgan fingerprint density at radius 1 is 1.36 bits per heavy atom. The molecule has 3 heterocycles. The number of fused-ring (bicyclic) bond motifs is 2. The Balaban J connectivity index is 2.17. The topological polar surface area (TPSA) is 129 Å². The van der Waals surface area contributed by atoms with Crippen molar-refractivity contribution >= 4 is 28.2 Å². The van der Waals surface area contributed by atoms with Crippen LogP contribution >= 0.6 is 0 Å². The summed E-state index contributed by atoms with van der Waals surface area (Å²) in [4.78, 5) is 22.4. The number of halogens is 3. The number of carbonyl (C=O) groups is 1. The van der Waals surface area contributed by atoms with Crippen LogP contribution < -0.4 is 10.1 Å². The van der Waals surface area contributed by atoms with Crippen LogP contribution in [0.5, 0.6) is 5.75 Å². The summed E-state index contributed by atoms with van der Waals surface area (Å²) in [5.41, 5.74) is -2.53. The van der Waals surface area contributed by atoms with E-state index in [9.17, 15) is 23.1 Å². The van der Waals surface area contributed by atoms with Gasteiger partial charge in [-0.05, 0) is 37.7 Å². The number of aromatic amines is 1. The Labute approximate surface area is 184 Å². The Bertz CT molecular complexity index is 1450. The summed E-state index contributed by atoms with van der Waals surface area (Å²) < 4.78 is 51.1. The van der Waals surface area contributed by atoms with Crippen LogP contribution in [0, 0.1) is 18.3 Å². The number of pyridine rings is 1. The highest BCUT2D eigenvalue weighted by Gasteiger charge is 2.61. The first-order chi connectivity index (χ1) is 15.6. The van der Waals surface area contributed by atoms with Crippen LogP contribution in [0.2, 0.25) is 0 Å². The number of rotatable bonds is 4. The minimum atomic E-state index is -4.96. The molecule has 9 nitrogen and oxygen atoms in total. The molecule has 0 aliphatic carbocycles. The molecule has 4 aromatic rings. The lowest BCUT2D eigenvalue weighted by molar-refractivity contribution is -0.187. The second-order valence-electron chi connectivity index (χ2n) is 7.29. The van der Waals surface area contributed by atoms with Gasteiger partial charge in [-0.25, -0.2) is 14.8 Å². The normalized spacial score (nSPS) is 13.7. The molecular weight excluding hydrogens is 441 g/mol. The molecular formula is C21H17F3N6O3. The number of H-pyrrole nitrogens is 1. The SMILES string of the molecule is CNC(c1nc2cc(C#N)cnc2[nH]1)(c1c(OC)cc(C)c2c1ccn2C(=O)O)C(F)(F)F. The molecule has 170 valence electrons. The van der Waals surface area contributed by atoms with Gasteiger partial charge in [0, 0.05) is 23.3 Å². The van der Waals surface area contributed by atoms with Gasteiger partial charge in [0.2, 0.25) is 5.54 Å². The number of nitriles is 1. The van der Waals surface area contributed by atoms with Gasteiger partial charge in [0.15, 0.2) is 5.65 Å². The number of carboxylic acid groups (broad SMARTS) is 1. The number of hydrogen-bond donors (Lipinski definition) is 3. The lowest BCUT2D eigenvalue weighted by Gasteiger charge is -2.35. The maximum absolute atomic E-state index is 15.0. The molecule has 1 aromatic carbocycles. The van der Waals surface area contributed by atoms with Crippen molar-refractivity contribution in [1.29, 1.82) is 5.26 Å². The summed E-state index contributed by atoms with van der Waals surface area (Å²) in [5.74, 6) is -0.650. The fourth-order valence-electron chi connectivity index (χ4n) is 4.13. The number of ether oxygens (including phenoxy) is 1. The van der Waals surface area contributed by atoms with Crippen molar-refractivity contribution in [1.82, 2.24) is 24.8 Å².